The van der Waals surface area contributed by atoms with Gasteiger partial charge in [-0.15, -0.1) is 0 Å². The van der Waals surface area contributed by atoms with E-state index in [4.69, 9.17) is 5.11 Å². The average Bonchev–Trinajstić information content (AvgIpc) is 3.18. The number of benzene rings is 1. The molecule has 2 unspecified atom stereocenters. The third kappa shape index (κ3) is 3.13. The predicted molar refractivity (Wildman–Crippen MR) is 95.1 cm³/mol. The highest BCUT2D eigenvalue weighted by molar-refractivity contribution is 5.85. The second-order valence-electron chi connectivity index (χ2n) is 6.82. The highest BCUT2D eigenvalue weighted by Crippen LogP contribution is 2.44. The van der Waals surface area contributed by atoms with Gasteiger partial charge in [-0.25, -0.2) is 4.79 Å². The zero-order valence-corrected chi connectivity index (χ0v) is 14.4. The van der Waals surface area contributed by atoms with Crippen molar-refractivity contribution in [1.82, 2.24) is 9.78 Å². The number of nitrogens with one attached hydrogen (secondary N) is 1. The number of hydrogen-bond acceptors (Lipinski definition) is 4. The number of aliphatic carboxylic acids is 1. The van der Waals surface area contributed by atoms with Gasteiger partial charge in [0.1, 0.15) is 5.54 Å². The molecular weight excluding hydrogens is 316 g/mol. The Bertz CT molecular complexity index is 889. The maximum atomic E-state index is 10.7. The number of nitriles is 1. The molecule has 0 spiro atoms. The molecule has 2 atom stereocenters. The summed E-state index contributed by atoms with van der Waals surface area (Å²) in [7, 11) is 0. The lowest BCUT2D eigenvalue weighted by Crippen LogP contribution is -2.24. The summed E-state index contributed by atoms with van der Waals surface area (Å²) in [5.41, 5.74) is 3.37. The van der Waals surface area contributed by atoms with Crippen LogP contribution in [0.25, 0.3) is 6.08 Å². The van der Waals surface area contributed by atoms with Crippen molar-refractivity contribution >= 4 is 17.7 Å². The van der Waals surface area contributed by atoms with Crippen LogP contribution in [-0.4, -0.2) is 20.9 Å². The minimum absolute atomic E-state index is 0.0666. The van der Waals surface area contributed by atoms with E-state index >= 15 is 0 Å². The molecule has 0 fully saturated rings. The molecule has 2 N–H and O–H groups in total. The first-order chi connectivity index (χ1) is 11.8. The third-order valence-electron chi connectivity index (χ3n) is 4.60. The highest BCUT2D eigenvalue weighted by Gasteiger charge is 2.32. The summed E-state index contributed by atoms with van der Waals surface area (Å²) in [6, 6.07) is 8.18. The molecule has 0 amide bonds. The van der Waals surface area contributed by atoms with Crippen LogP contribution in [0.5, 0.6) is 0 Å². The van der Waals surface area contributed by atoms with E-state index in [9.17, 15) is 10.1 Å². The Morgan fingerprint density at radius 3 is 2.92 bits per heavy atom. The van der Waals surface area contributed by atoms with Crippen molar-refractivity contribution in [3.8, 4) is 6.07 Å². The van der Waals surface area contributed by atoms with E-state index in [1.807, 2.05) is 38.2 Å². The van der Waals surface area contributed by atoms with Crippen LogP contribution in [0.2, 0.25) is 0 Å². The van der Waals surface area contributed by atoms with E-state index in [2.05, 4.69) is 23.4 Å². The molecule has 1 aliphatic rings. The van der Waals surface area contributed by atoms with Crippen LogP contribution in [-0.2, 0) is 10.3 Å². The Hall–Kier alpha value is -3.07. The number of fused-ring (bicyclic) bond motifs is 1. The predicted octanol–water partition coefficient (Wildman–Crippen LogP) is 3.51. The monoisotopic (exact) mass is 336 g/mol. The minimum Gasteiger partial charge on any atom is -0.478 e. The lowest BCUT2D eigenvalue weighted by atomic mass is 9.93. The number of carbonyl (C=O) groups is 1. The van der Waals surface area contributed by atoms with Crippen LogP contribution < -0.4 is 5.32 Å². The normalized spacial score (nSPS) is 19.4. The van der Waals surface area contributed by atoms with Gasteiger partial charge in [-0.2, -0.15) is 10.4 Å². The van der Waals surface area contributed by atoms with E-state index in [-0.39, 0.29) is 12.0 Å². The molecule has 2 heterocycles. The van der Waals surface area contributed by atoms with Gasteiger partial charge < -0.3 is 10.4 Å². The van der Waals surface area contributed by atoms with Crippen molar-refractivity contribution in [2.24, 2.45) is 0 Å². The molecule has 0 bridgehead atoms. The molecule has 1 aromatic heterocycles. The van der Waals surface area contributed by atoms with E-state index in [0.717, 1.165) is 28.5 Å². The lowest BCUT2D eigenvalue weighted by Gasteiger charge is -2.17. The Morgan fingerprint density at radius 2 is 2.24 bits per heavy atom. The van der Waals surface area contributed by atoms with Gasteiger partial charge in [0.05, 0.1) is 18.3 Å². The summed E-state index contributed by atoms with van der Waals surface area (Å²) in [4.78, 5) is 10.7. The fourth-order valence-corrected chi connectivity index (χ4v) is 3.06. The Kier molecular flexibility index (Phi) is 4.09. The molecule has 25 heavy (non-hydrogen) atoms. The highest BCUT2D eigenvalue weighted by atomic mass is 16.4. The van der Waals surface area contributed by atoms with Gasteiger partial charge in [-0.1, -0.05) is 13.0 Å². The van der Waals surface area contributed by atoms with Gasteiger partial charge in [0.2, 0.25) is 0 Å². The van der Waals surface area contributed by atoms with E-state index in [1.54, 1.807) is 17.0 Å². The molecule has 3 rings (SSSR count). The van der Waals surface area contributed by atoms with Gasteiger partial charge in [0, 0.05) is 29.4 Å². The molecule has 0 saturated heterocycles. The number of hydrogen-bond donors (Lipinski definition) is 2. The van der Waals surface area contributed by atoms with E-state index in [0.29, 0.717) is 0 Å². The number of nitrogens with zero attached hydrogens (tertiary/aromatic N) is 3. The molecule has 0 saturated carbocycles. The third-order valence-corrected chi connectivity index (χ3v) is 4.60. The molecule has 128 valence electrons. The summed E-state index contributed by atoms with van der Waals surface area (Å²) >= 11 is 0. The zero-order valence-electron chi connectivity index (χ0n) is 14.4. The number of rotatable bonds is 4. The maximum absolute atomic E-state index is 10.7. The minimum atomic E-state index is -0.961. The van der Waals surface area contributed by atoms with Crippen LogP contribution >= 0.6 is 0 Å². The standard InChI is InChI=1S/C19H20N4O2/c1-12-15-8-13(5-7-17(24)25)4-6-16(15)22-18(12)14-9-21-23(10-14)19(2,3)11-20/h4-10,12,18,22H,1-3H3,(H,24,25)/b7-5+. The number of carboxylic acid groups (broad SMARTS) is 1. The summed E-state index contributed by atoms with van der Waals surface area (Å²) in [5.74, 6) is -0.756. The average molecular weight is 336 g/mol. The van der Waals surface area contributed by atoms with E-state index < -0.39 is 11.5 Å². The molecular formula is C19H20N4O2. The topological polar surface area (TPSA) is 90.9 Å². The Morgan fingerprint density at radius 1 is 1.48 bits per heavy atom. The van der Waals surface area contributed by atoms with Crippen molar-refractivity contribution in [2.75, 3.05) is 5.32 Å². The molecule has 0 radical (unpaired) electrons. The van der Waals surface area contributed by atoms with E-state index in [1.165, 1.54) is 0 Å². The Labute approximate surface area is 146 Å². The number of aromatic nitrogens is 2. The fraction of sp³-hybridized carbons (Fsp3) is 0.316. The quantitative estimate of drug-likeness (QED) is 0.834. The van der Waals surface area contributed by atoms with Crippen LogP contribution in [0, 0.1) is 11.3 Å². The number of anilines is 1. The lowest BCUT2D eigenvalue weighted by molar-refractivity contribution is -0.131. The van der Waals surface area contributed by atoms with Crippen molar-refractivity contribution in [3.05, 3.63) is 53.4 Å². The van der Waals surface area contributed by atoms with Crippen LogP contribution in [0.3, 0.4) is 0 Å². The molecule has 6 heteroatoms. The smallest absolute Gasteiger partial charge is 0.328 e. The van der Waals surface area contributed by atoms with Gasteiger partial charge in [-0.05, 0) is 43.2 Å². The summed E-state index contributed by atoms with van der Waals surface area (Å²) in [6.07, 6.45) is 6.44. The van der Waals surface area contributed by atoms with Crippen LogP contribution in [0.1, 0.15) is 49.4 Å². The zero-order chi connectivity index (χ0) is 18.2. The first-order valence-electron chi connectivity index (χ1n) is 8.09. The summed E-state index contributed by atoms with van der Waals surface area (Å²) in [6.45, 7) is 5.77. The fourth-order valence-electron chi connectivity index (χ4n) is 3.06. The van der Waals surface area contributed by atoms with Crippen molar-refractivity contribution in [1.29, 1.82) is 5.26 Å². The van der Waals surface area contributed by atoms with Gasteiger partial charge in [-0.3, -0.25) is 4.68 Å². The van der Waals surface area contributed by atoms with Crippen molar-refractivity contribution < 1.29 is 9.90 Å². The van der Waals surface area contributed by atoms with Gasteiger partial charge in [0.15, 0.2) is 0 Å². The molecule has 1 aromatic carbocycles. The second-order valence-corrected chi connectivity index (χ2v) is 6.82. The Balaban J connectivity index is 1.87. The first kappa shape index (κ1) is 16.8. The van der Waals surface area contributed by atoms with Crippen LogP contribution in [0.4, 0.5) is 5.69 Å². The van der Waals surface area contributed by atoms with Crippen LogP contribution in [0.15, 0.2) is 36.7 Å². The van der Waals surface area contributed by atoms with Gasteiger partial charge in [0.25, 0.3) is 0 Å². The number of carboxylic acids is 1. The summed E-state index contributed by atoms with van der Waals surface area (Å²) < 4.78 is 1.68. The SMILES string of the molecule is CC1c2cc(/C=C/C(=O)O)ccc2NC1c1cnn(C(C)(C)C#N)c1. The molecule has 1 aliphatic heterocycles. The van der Waals surface area contributed by atoms with Crippen molar-refractivity contribution in [3.63, 3.8) is 0 Å². The molecule has 0 aliphatic carbocycles. The molecule has 2 aromatic rings. The maximum Gasteiger partial charge on any atom is 0.328 e. The second kappa shape index (κ2) is 6.10. The van der Waals surface area contributed by atoms with Gasteiger partial charge >= 0.3 is 5.97 Å². The summed E-state index contributed by atoms with van der Waals surface area (Å²) in [5, 5.41) is 25.9. The van der Waals surface area contributed by atoms with Crippen molar-refractivity contribution in [2.45, 2.75) is 38.3 Å². The first-order valence-corrected chi connectivity index (χ1v) is 8.09. The molecule has 6 nitrogen and oxygen atoms in total. The largest absolute Gasteiger partial charge is 0.478 e.